The molecule has 3 unspecified atom stereocenters. The standard InChI is InChI=1S/C13H23NO4/c1-8-5-6-18-11(8)12(17)14-9(7-10(15)16)13(2,3)4/h8-9,11H,5-7H2,1-4H3,(H,14,17)(H,15,16). The van der Waals surface area contributed by atoms with E-state index in [1.54, 1.807) is 0 Å². The number of rotatable bonds is 4. The maximum Gasteiger partial charge on any atom is 0.305 e. The highest BCUT2D eigenvalue weighted by Crippen LogP contribution is 2.24. The second kappa shape index (κ2) is 5.69. The van der Waals surface area contributed by atoms with Gasteiger partial charge in [0.25, 0.3) is 0 Å². The van der Waals surface area contributed by atoms with Crippen molar-refractivity contribution in [3.8, 4) is 0 Å². The lowest BCUT2D eigenvalue weighted by atomic mass is 9.84. The molecule has 0 aliphatic carbocycles. The van der Waals surface area contributed by atoms with E-state index in [1.807, 2.05) is 27.7 Å². The summed E-state index contributed by atoms with van der Waals surface area (Å²) < 4.78 is 5.39. The Morgan fingerprint density at radius 2 is 2.06 bits per heavy atom. The average molecular weight is 257 g/mol. The number of hydrogen-bond acceptors (Lipinski definition) is 3. The van der Waals surface area contributed by atoms with Gasteiger partial charge in [-0.2, -0.15) is 0 Å². The summed E-state index contributed by atoms with van der Waals surface area (Å²) in [5.74, 6) is -0.910. The second-order valence-electron chi connectivity index (χ2n) is 6.08. The number of aliphatic carboxylic acids is 1. The predicted molar refractivity (Wildman–Crippen MR) is 67.2 cm³/mol. The number of ether oxygens (including phenoxy) is 1. The van der Waals surface area contributed by atoms with E-state index in [-0.39, 0.29) is 29.7 Å². The topological polar surface area (TPSA) is 75.6 Å². The highest BCUT2D eigenvalue weighted by Gasteiger charge is 2.35. The van der Waals surface area contributed by atoms with Crippen molar-refractivity contribution in [2.24, 2.45) is 11.3 Å². The van der Waals surface area contributed by atoms with Crippen LogP contribution in [0.25, 0.3) is 0 Å². The molecule has 0 saturated carbocycles. The van der Waals surface area contributed by atoms with Crippen LogP contribution in [0, 0.1) is 11.3 Å². The molecule has 1 rings (SSSR count). The smallest absolute Gasteiger partial charge is 0.305 e. The van der Waals surface area contributed by atoms with Gasteiger partial charge in [-0.1, -0.05) is 27.7 Å². The van der Waals surface area contributed by atoms with Crippen LogP contribution >= 0.6 is 0 Å². The Morgan fingerprint density at radius 3 is 2.44 bits per heavy atom. The van der Waals surface area contributed by atoms with Crippen LogP contribution in [0.3, 0.4) is 0 Å². The Labute approximate surface area is 108 Å². The molecule has 5 nitrogen and oxygen atoms in total. The fourth-order valence-corrected chi connectivity index (χ4v) is 2.03. The third kappa shape index (κ3) is 3.98. The molecule has 2 N–H and O–H groups in total. The molecule has 1 aliphatic heterocycles. The van der Waals surface area contributed by atoms with Crippen molar-refractivity contribution in [2.75, 3.05) is 6.61 Å². The molecule has 0 spiro atoms. The first-order valence-corrected chi connectivity index (χ1v) is 6.35. The zero-order chi connectivity index (χ0) is 13.9. The number of carboxylic acids is 1. The van der Waals surface area contributed by atoms with Gasteiger partial charge >= 0.3 is 5.97 Å². The normalized spacial score (nSPS) is 25.8. The van der Waals surface area contributed by atoms with Gasteiger partial charge < -0.3 is 15.2 Å². The van der Waals surface area contributed by atoms with Crippen LogP contribution in [-0.2, 0) is 14.3 Å². The van der Waals surface area contributed by atoms with Gasteiger partial charge in [-0.15, -0.1) is 0 Å². The summed E-state index contributed by atoms with van der Waals surface area (Å²) in [5.41, 5.74) is -0.296. The number of carboxylic acid groups (broad SMARTS) is 1. The van der Waals surface area contributed by atoms with E-state index < -0.39 is 12.1 Å². The maximum absolute atomic E-state index is 12.1. The summed E-state index contributed by atoms with van der Waals surface area (Å²) in [5, 5.41) is 11.7. The third-order valence-electron chi connectivity index (χ3n) is 3.39. The van der Waals surface area contributed by atoms with Crippen molar-refractivity contribution >= 4 is 11.9 Å². The second-order valence-corrected chi connectivity index (χ2v) is 6.08. The van der Waals surface area contributed by atoms with Crippen molar-refractivity contribution in [2.45, 2.75) is 52.7 Å². The van der Waals surface area contributed by atoms with Crippen LogP contribution in [0.15, 0.2) is 0 Å². The van der Waals surface area contributed by atoms with E-state index in [0.29, 0.717) is 6.61 Å². The molecule has 1 saturated heterocycles. The van der Waals surface area contributed by atoms with Crippen LogP contribution in [-0.4, -0.2) is 35.7 Å². The SMILES string of the molecule is CC1CCOC1C(=O)NC(CC(=O)O)C(C)(C)C. The Hall–Kier alpha value is -1.10. The van der Waals surface area contributed by atoms with Gasteiger partial charge in [0.05, 0.1) is 6.42 Å². The van der Waals surface area contributed by atoms with Gasteiger partial charge in [-0.25, -0.2) is 0 Å². The van der Waals surface area contributed by atoms with Gasteiger partial charge in [0, 0.05) is 12.6 Å². The maximum atomic E-state index is 12.1. The number of carbonyl (C=O) groups is 2. The Bertz CT molecular complexity index is 321. The van der Waals surface area contributed by atoms with Gasteiger partial charge in [-0.3, -0.25) is 9.59 Å². The molecule has 1 heterocycles. The molecule has 0 aromatic rings. The lowest BCUT2D eigenvalue weighted by Gasteiger charge is -2.31. The predicted octanol–water partition coefficient (Wildman–Crippen LogP) is 1.42. The lowest BCUT2D eigenvalue weighted by Crippen LogP contribution is -2.49. The summed E-state index contributed by atoms with van der Waals surface area (Å²) in [6.45, 7) is 8.32. The number of amides is 1. The van der Waals surface area contributed by atoms with E-state index in [9.17, 15) is 9.59 Å². The fourth-order valence-electron chi connectivity index (χ4n) is 2.03. The summed E-state index contributed by atoms with van der Waals surface area (Å²) >= 11 is 0. The molecule has 0 bridgehead atoms. The minimum Gasteiger partial charge on any atom is -0.481 e. The van der Waals surface area contributed by atoms with Gasteiger partial charge in [-0.05, 0) is 17.8 Å². The molecule has 1 amide bonds. The van der Waals surface area contributed by atoms with Gasteiger partial charge in [0.1, 0.15) is 6.10 Å². The monoisotopic (exact) mass is 257 g/mol. The van der Waals surface area contributed by atoms with Gasteiger partial charge in [0.15, 0.2) is 0 Å². The highest BCUT2D eigenvalue weighted by atomic mass is 16.5. The molecule has 18 heavy (non-hydrogen) atoms. The van der Waals surface area contributed by atoms with Crippen LogP contribution in [0.2, 0.25) is 0 Å². The lowest BCUT2D eigenvalue weighted by molar-refractivity contribution is -0.139. The van der Waals surface area contributed by atoms with Crippen molar-refractivity contribution in [3.05, 3.63) is 0 Å². The zero-order valence-corrected chi connectivity index (χ0v) is 11.5. The highest BCUT2D eigenvalue weighted by molar-refractivity contribution is 5.82. The van der Waals surface area contributed by atoms with Crippen molar-refractivity contribution in [1.29, 1.82) is 0 Å². The Balaban J connectivity index is 2.65. The van der Waals surface area contributed by atoms with E-state index in [0.717, 1.165) is 6.42 Å². The van der Waals surface area contributed by atoms with Crippen molar-refractivity contribution in [1.82, 2.24) is 5.32 Å². The zero-order valence-electron chi connectivity index (χ0n) is 11.5. The van der Waals surface area contributed by atoms with Crippen LogP contribution in [0.5, 0.6) is 0 Å². The van der Waals surface area contributed by atoms with E-state index in [4.69, 9.17) is 9.84 Å². The van der Waals surface area contributed by atoms with Crippen LogP contribution < -0.4 is 5.32 Å². The largest absolute Gasteiger partial charge is 0.481 e. The van der Waals surface area contributed by atoms with E-state index in [1.165, 1.54) is 0 Å². The molecule has 1 aliphatic rings. The van der Waals surface area contributed by atoms with Crippen LogP contribution in [0.1, 0.15) is 40.5 Å². The first-order chi connectivity index (χ1) is 8.21. The first-order valence-electron chi connectivity index (χ1n) is 6.35. The molecule has 5 heteroatoms. The Kier molecular flexibility index (Phi) is 4.73. The molecule has 0 aromatic carbocycles. The number of nitrogens with one attached hydrogen (secondary N) is 1. The average Bonchev–Trinajstić information content (AvgIpc) is 2.61. The summed E-state index contributed by atoms with van der Waals surface area (Å²) in [4.78, 5) is 22.9. The summed E-state index contributed by atoms with van der Waals surface area (Å²) in [6.07, 6.45) is 0.358. The minimum atomic E-state index is -0.907. The molecule has 104 valence electrons. The fraction of sp³-hybridized carbons (Fsp3) is 0.846. The van der Waals surface area contributed by atoms with E-state index >= 15 is 0 Å². The molecule has 0 aromatic heterocycles. The van der Waals surface area contributed by atoms with Crippen molar-refractivity contribution in [3.63, 3.8) is 0 Å². The molecule has 1 fully saturated rings. The summed E-state index contributed by atoms with van der Waals surface area (Å²) in [6, 6.07) is -0.390. The minimum absolute atomic E-state index is 0.0731. The summed E-state index contributed by atoms with van der Waals surface area (Å²) in [7, 11) is 0. The molecular weight excluding hydrogens is 234 g/mol. The molecule has 0 radical (unpaired) electrons. The van der Waals surface area contributed by atoms with E-state index in [2.05, 4.69) is 5.32 Å². The number of hydrogen-bond donors (Lipinski definition) is 2. The van der Waals surface area contributed by atoms with Crippen LogP contribution in [0.4, 0.5) is 0 Å². The first kappa shape index (κ1) is 15.0. The third-order valence-corrected chi connectivity index (χ3v) is 3.39. The van der Waals surface area contributed by atoms with Crippen molar-refractivity contribution < 1.29 is 19.4 Å². The number of carbonyl (C=O) groups excluding carboxylic acids is 1. The molecular formula is C13H23NO4. The van der Waals surface area contributed by atoms with Gasteiger partial charge in [0.2, 0.25) is 5.91 Å². The Morgan fingerprint density at radius 1 is 1.44 bits per heavy atom. The molecule has 3 atom stereocenters. The quantitative estimate of drug-likeness (QED) is 0.798.